The molecule has 5 N–H and O–H groups in total. The van der Waals surface area contributed by atoms with Gasteiger partial charge >= 0.3 is 0 Å². The molecule has 0 aliphatic heterocycles. The summed E-state index contributed by atoms with van der Waals surface area (Å²) in [6.07, 6.45) is 6.23. The molecule has 0 saturated heterocycles. The first-order chi connectivity index (χ1) is 9.15. The second-order valence-corrected chi connectivity index (χ2v) is 5.58. The third-order valence-corrected chi connectivity index (χ3v) is 4.12. The highest BCUT2D eigenvalue weighted by Gasteiger charge is 2.32. The maximum Gasteiger partial charge on any atom is 0.225 e. The molecule has 1 amide bonds. The van der Waals surface area contributed by atoms with E-state index in [0.717, 1.165) is 12.8 Å². The minimum atomic E-state index is -0.00806. The number of hydrogen-bond donors (Lipinski definition) is 3. The van der Waals surface area contributed by atoms with Crippen molar-refractivity contribution in [2.45, 2.75) is 38.5 Å². The lowest BCUT2D eigenvalue weighted by molar-refractivity contribution is -0.118. The van der Waals surface area contributed by atoms with Crippen molar-refractivity contribution in [3.8, 4) is 0 Å². The Hall–Kier alpha value is -1.55. The van der Waals surface area contributed by atoms with Gasteiger partial charge in [-0.05, 0) is 36.9 Å². The number of carbonyl (C=O) groups excluding carboxylic acids is 1. The molecule has 0 radical (unpaired) electrons. The molecule has 4 heteroatoms. The molecular weight excluding hydrogens is 238 g/mol. The molecule has 104 valence electrons. The Morgan fingerprint density at radius 3 is 2.53 bits per heavy atom. The molecule has 2 rings (SSSR count). The summed E-state index contributed by atoms with van der Waals surface area (Å²) >= 11 is 0. The van der Waals surface area contributed by atoms with Gasteiger partial charge in [0, 0.05) is 6.42 Å². The summed E-state index contributed by atoms with van der Waals surface area (Å²) in [4.78, 5) is 12.2. The van der Waals surface area contributed by atoms with Crippen LogP contribution in [0.15, 0.2) is 24.3 Å². The van der Waals surface area contributed by atoms with Gasteiger partial charge in [-0.1, -0.05) is 31.4 Å². The number of nitrogens with two attached hydrogens (primary N) is 2. The molecule has 1 aromatic rings. The summed E-state index contributed by atoms with van der Waals surface area (Å²) in [5.74, 6) is 0.0188. The monoisotopic (exact) mass is 261 g/mol. The molecule has 1 aliphatic carbocycles. The Labute approximate surface area is 114 Å². The fourth-order valence-corrected chi connectivity index (χ4v) is 2.90. The van der Waals surface area contributed by atoms with Crippen molar-refractivity contribution in [3.63, 3.8) is 0 Å². The molecule has 19 heavy (non-hydrogen) atoms. The molecule has 0 spiro atoms. The Morgan fingerprint density at radius 1 is 1.21 bits per heavy atom. The molecule has 4 nitrogen and oxygen atoms in total. The van der Waals surface area contributed by atoms with Crippen molar-refractivity contribution in [1.82, 2.24) is 0 Å². The number of rotatable bonds is 4. The van der Waals surface area contributed by atoms with E-state index in [9.17, 15) is 4.79 Å². The van der Waals surface area contributed by atoms with Gasteiger partial charge in [0.25, 0.3) is 0 Å². The van der Waals surface area contributed by atoms with Crippen LogP contribution in [0.4, 0.5) is 11.4 Å². The molecule has 1 aliphatic rings. The van der Waals surface area contributed by atoms with Crippen molar-refractivity contribution >= 4 is 17.3 Å². The summed E-state index contributed by atoms with van der Waals surface area (Å²) in [5.41, 5.74) is 13.0. The molecule has 0 unspecified atom stereocenters. The Kier molecular flexibility index (Phi) is 4.43. The number of anilines is 2. The van der Waals surface area contributed by atoms with Crippen LogP contribution in [0.5, 0.6) is 0 Å². The third-order valence-electron chi connectivity index (χ3n) is 4.12. The number of carbonyl (C=O) groups is 1. The van der Waals surface area contributed by atoms with Crippen LogP contribution in [-0.2, 0) is 4.79 Å². The first kappa shape index (κ1) is 13.9. The van der Waals surface area contributed by atoms with Gasteiger partial charge in [-0.3, -0.25) is 4.79 Å². The number of nitrogen functional groups attached to an aromatic ring is 1. The summed E-state index contributed by atoms with van der Waals surface area (Å²) < 4.78 is 0. The minimum absolute atomic E-state index is 0.00806. The van der Waals surface area contributed by atoms with E-state index in [1.807, 2.05) is 18.2 Å². The van der Waals surface area contributed by atoms with Crippen LogP contribution < -0.4 is 16.8 Å². The van der Waals surface area contributed by atoms with Gasteiger partial charge in [0.15, 0.2) is 0 Å². The van der Waals surface area contributed by atoms with E-state index in [1.54, 1.807) is 6.07 Å². The Bertz CT molecular complexity index is 439. The second kappa shape index (κ2) is 6.06. The molecule has 0 bridgehead atoms. The van der Waals surface area contributed by atoms with Crippen LogP contribution in [0, 0.1) is 5.41 Å². The smallest absolute Gasteiger partial charge is 0.225 e. The van der Waals surface area contributed by atoms with Gasteiger partial charge in [-0.2, -0.15) is 0 Å². The van der Waals surface area contributed by atoms with Crippen LogP contribution in [0.25, 0.3) is 0 Å². The maximum atomic E-state index is 12.2. The van der Waals surface area contributed by atoms with E-state index in [-0.39, 0.29) is 11.3 Å². The van der Waals surface area contributed by atoms with Crippen LogP contribution in [-0.4, -0.2) is 12.5 Å². The molecule has 1 saturated carbocycles. The van der Waals surface area contributed by atoms with Gasteiger partial charge in [-0.15, -0.1) is 0 Å². The molecule has 0 atom stereocenters. The Balaban J connectivity index is 1.98. The van der Waals surface area contributed by atoms with Crippen LogP contribution in [0.2, 0.25) is 0 Å². The van der Waals surface area contributed by atoms with Gasteiger partial charge in [0.05, 0.1) is 11.4 Å². The van der Waals surface area contributed by atoms with Crippen molar-refractivity contribution in [2.24, 2.45) is 11.1 Å². The zero-order valence-corrected chi connectivity index (χ0v) is 11.3. The fraction of sp³-hybridized carbons (Fsp3) is 0.533. The highest BCUT2D eigenvalue weighted by Crippen LogP contribution is 2.38. The summed E-state index contributed by atoms with van der Waals surface area (Å²) in [7, 11) is 0. The lowest BCUT2D eigenvalue weighted by Gasteiger charge is -2.35. The number of nitrogens with one attached hydrogen (secondary N) is 1. The SMILES string of the molecule is NCC1(CC(=O)Nc2ccccc2N)CCCCC1. The standard InChI is InChI=1S/C15H23N3O/c16-11-15(8-4-1-5-9-15)10-14(19)18-13-7-3-2-6-12(13)17/h2-3,6-7H,1,4-5,8-11,16-17H2,(H,18,19). The molecule has 1 aromatic carbocycles. The predicted octanol–water partition coefficient (Wildman–Crippen LogP) is 2.51. The van der Waals surface area contributed by atoms with E-state index >= 15 is 0 Å². The van der Waals surface area contributed by atoms with Crippen LogP contribution in [0.3, 0.4) is 0 Å². The lowest BCUT2D eigenvalue weighted by atomic mass is 9.71. The molecule has 1 fully saturated rings. The number of para-hydroxylation sites is 2. The quantitative estimate of drug-likeness (QED) is 0.728. The lowest BCUT2D eigenvalue weighted by Crippen LogP contribution is -2.36. The topological polar surface area (TPSA) is 81.1 Å². The van der Waals surface area contributed by atoms with E-state index in [0.29, 0.717) is 24.3 Å². The van der Waals surface area contributed by atoms with Crippen molar-refractivity contribution in [3.05, 3.63) is 24.3 Å². The van der Waals surface area contributed by atoms with Crippen LogP contribution >= 0.6 is 0 Å². The summed E-state index contributed by atoms with van der Waals surface area (Å²) in [6, 6.07) is 7.33. The van der Waals surface area contributed by atoms with E-state index in [4.69, 9.17) is 11.5 Å². The first-order valence-corrected chi connectivity index (χ1v) is 7.00. The van der Waals surface area contributed by atoms with Crippen molar-refractivity contribution < 1.29 is 4.79 Å². The fourth-order valence-electron chi connectivity index (χ4n) is 2.90. The summed E-state index contributed by atoms with van der Waals surface area (Å²) in [5, 5.41) is 2.90. The summed E-state index contributed by atoms with van der Waals surface area (Å²) in [6.45, 7) is 0.588. The van der Waals surface area contributed by atoms with Crippen LogP contribution in [0.1, 0.15) is 38.5 Å². The van der Waals surface area contributed by atoms with Gasteiger partial charge in [0.1, 0.15) is 0 Å². The normalized spacial score (nSPS) is 17.9. The average molecular weight is 261 g/mol. The van der Waals surface area contributed by atoms with E-state index in [2.05, 4.69) is 5.32 Å². The predicted molar refractivity (Wildman–Crippen MR) is 78.7 cm³/mol. The van der Waals surface area contributed by atoms with Gasteiger partial charge in [-0.25, -0.2) is 0 Å². The van der Waals surface area contributed by atoms with E-state index in [1.165, 1.54) is 19.3 Å². The zero-order valence-electron chi connectivity index (χ0n) is 11.3. The Morgan fingerprint density at radius 2 is 1.89 bits per heavy atom. The van der Waals surface area contributed by atoms with Crippen molar-refractivity contribution in [2.75, 3.05) is 17.6 Å². The minimum Gasteiger partial charge on any atom is -0.397 e. The second-order valence-electron chi connectivity index (χ2n) is 5.58. The number of amides is 1. The highest BCUT2D eigenvalue weighted by atomic mass is 16.1. The average Bonchev–Trinajstić information content (AvgIpc) is 2.42. The number of benzene rings is 1. The molecule has 0 heterocycles. The number of hydrogen-bond acceptors (Lipinski definition) is 3. The zero-order chi connectivity index (χ0) is 13.7. The third kappa shape index (κ3) is 3.47. The molecular formula is C15H23N3O. The highest BCUT2D eigenvalue weighted by molar-refractivity contribution is 5.94. The van der Waals surface area contributed by atoms with Gasteiger partial charge in [0.2, 0.25) is 5.91 Å². The van der Waals surface area contributed by atoms with Crippen molar-refractivity contribution in [1.29, 1.82) is 0 Å². The first-order valence-electron chi connectivity index (χ1n) is 7.00. The molecule has 0 aromatic heterocycles. The van der Waals surface area contributed by atoms with E-state index < -0.39 is 0 Å². The maximum absolute atomic E-state index is 12.2. The largest absolute Gasteiger partial charge is 0.397 e. The van der Waals surface area contributed by atoms with Gasteiger partial charge < -0.3 is 16.8 Å².